The molecule has 0 spiro atoms. The second-order valence-corrected chi connectivity index (χ2v) is 4.57. The van der Waals surface area contributed by atoms with Gasteiger partial charge in [-0.25, -0.2) is 4.39 Å². The van der Waals surface area contributed by atoms with Crippen LogP contribution in [0.25, 0.3) is 0 Å². The molecule has 0 saturated heterocycles. The summed E-state index contributed by atoms with van der Waals surface area (Å²) in [5.41, 5.74) is 0.550. The minimum atomic E-state index is -0.883. The SMILES string of the molecule is CSCCCC(C(=O)O)c1cccc(F)c1. The summed E-state index contributed by atoms with van der Waals surface area (Å²) in [6.45, 7) is 0. The van der Waals surface area contributed by atoms with Crippen LogP contribution in [0.5, 0.6) is 0 Å². The Kier molecular flexibility index (Phi) is 5.32. The van der Waals surface area contributed by atoms with E-state index in [0.29, 0.717) is 12.0 Å². The van der Waals surface area contributed by atoms with Crippen LogP contribution in [0.15, 0.2) is 24.3 Å². The summed E-state index contributed by atoms with van der Waals surface area (Å²) in [6, 6.07) is 5.85. The van der Waals surface area contributed by atoms with Crippen LogP contribution < -0.4 is 0 Å². The number of halogens is 1. The van der Waals surface area contributed by atoms with E-state index < -0.39 is 11.9 Å². The van der Waals surface area contributed by atoms with Crippen molar-refractivity contribution in [1.29, 1.82) is 0 Å². The Bertz CT molecular complexity index is 355. The van der Waals surface area contributed by atoms with Crippen LogP contribution in [0, 0.1) is 5.82 Å². The number of carbonyl (C=O) groups is 1. The van der Waals surface area contributed by atoms with Gasteiger partial charge >= 0.3 is 5.97 Å². The molecule has 1 aromatic carbocycles. The van der Waals surface area contributed by atoms with Crippen LogP contribution in [-0.4, -0.2) is 23.1 Å². The third kappa shape index (κ3) is 3.85. The summed E-state index contributed by atoms with van der Waals surface area (Å²) in [4.78, 5) is 11.1. The molecule has 0 amide bonds. The second-order valence-electron chi connectivity index (χ2n) is 3.58. The van der Waals surface area contributed by atoms with E-state index in [0.717, 1.165) is 12.2 Å². The average molecular weight is 242 g/mol. The summed E-state index contributed by atoms with van der Waals surface area (Å²) in [5, 5.41) is 9.09. The van der Waals surface area contributed by atoms with Gasteiger partial charge in [0.15, 0.2) is 0 Å². The molecule has 4 heteroatoms. The van der Waals surface area contributed by atoms with E-state index in [4.69, 9.17) is 5.11 Å². The van der Waals surface area contributed by atoms with Gasteiger partial charge in [-0.15, -0.1) is 0 Å². The van der Waals surface area contributed by atoms with Crippen LogP contribution in [0.3, 0.4) is 0 Å². The zero-order valence-electron chi connectivity index (χ0n) is 9.15. The molecule has 1 rings (SSSR count). The van der Waals surface area contributed by atoms with Crippen molar-refractivity contribution in [3.8, 4) is 0 Å². The molecule has 16 heavy (non-hydrogen) atoms. The highest BCUT2D eigenvalue weighted by Crippen LogP contribution is 2.23. The molecule has 1 aromatic rings. The van der Waals surface area contributed by atoms with Crippen molar-refractivity contribution in [2.75, 3.05) is 12.0 Å². The second kappa shape index (κ2) is 6.53. The molecule has 0 aliphatic rings. The zero-order valence-corrected chi connectivity index (χ0v) is 9.97. The van der Waals surface area contributed by atoms with Crippen LogP contribution in [0.1, 0.15) is 24.3 Å². The maximum atomic E-state index is 13.0. The number of benzene rings is 1. The fourth-order valence-corrected chi connectivity index (χ4v) is 2.04. The van der Waals surface area contributed by atoms with Gasteiger partial charge in [-0.05, 0) is 42.5 Å². The van der Waals surface area contributed by atoms with E-state index in [1.807, 2.05) is 6.26 Å². The van der Waals surface area contributed by atoms with Gasteiger partial charge in [0, 0.05) is 0 Å². The van der Waals surface area contributed by atoms with E-state index in [1.165, 1.54) is 12.1 Å². The molecular weight excluding hydrogens is 227 g/mol. The quantitative estimate of drug-likeness (QED) is 0.779. The molecule has 1 atom stereocenters. The molecule has 0 aromatic heterocycles. The largest absolute Gasteiger partial charge is 0.481 e. The van der Waals surface area contributed by atoms with Crippen LogP contribution in [-0.2, 0) is 4.79 Å². The molecule has 2 nitrogen and oxygen atoms in total. The van der Waals surface area contributed by atoms with Crippen LogP contribution >= 0.6 is 11.8 Å². The first-order valence-corrected chi connectivity index (χ1v) is 6.51. The lowest BCUT2D eigenvalue weighted by Crippen LogP contribution is -2.12. The fraction of sp³-hybridized carbons (Fsp3) is 0.417. The Labute approximate surface area is 98.9 Å². The molecule has 1 unspecified atom stereocenters. The lowest BCUT2D eigenvalue weighted by atomic mass is 9.95. The number of thioether (sulfide) groups is 1. The molecule has 1 N–H and O–H groups in total. The highest BCUT2D eigenvalue weighted by atomic mass is 32.2. The number of hydrogen-bond acceptors (Lipinski definition) is 2. The molecule has 0 saturated carbocycles. The van der Waals surface area contributed by atoms with Gasteiger partial charge in [0.05, 0.1) is 5.92 Å². The Hall–Kier alpha value is -1.03. The van der Waals surface area contributed by atoms with Crippen molar-refractivity contribution in [2.45, 2.75) is 18.8 Å². The summed E-state index contributed by atoms with van der Waals surface area (Å²) in [5.74, 6) is -0.929. The van der Waals surface area contributed by atoms with Crippen molar-refractivity contribution in [2.24, 2.45) is 0 Å². The minimum absolute atomic E-state index is 0.381. The summed E-state index contributed by atoms with van der Waals surface area (Å²) in [6.07, 6.45) is 3.37. The highest BCUT2D eigenvalue weighted by Gasteiger charge is 2.19. The zero-order chi connectivity index (χ0) is 12.0. The number of rotatable bonds is 6. The van der Waals surface area contributed by atoms with Crippen molar-refractivity contribution in [3.63, 3.8) is 0 Å². The van der Waals surface area contributed by atoms with Crippen molar-refractivity contribution in [3.05, 3.63) is 35.6 Å². The first kappa shape index (κ1) is 13.0. The van der Waals surface area contributed by atoms with Gasteiger partial charge < -0.3 is 5.11 Å². The Morgan fingerprint density at radius 3 is 2.88 bits per heavy atom. The Morgan fingerprint density at radius 1 is 1.56 bits per heavy atom. The normalized spacial score (nSPS) is 12.4. The van der Waals surface area contributed by atoms with Crippen LogP contribution in [0.2, 0.25) is 0 Å². The number of aliphatic carboxylic acids is 1. The third-order valence-corrected chi connectivity index (χ3v) is 3.09. The number of hydrogen-bond donors (Lipinski definition) is 1. The monoisotopic (exact) mass is 242 g/mol. The highest BCUT2D eigenvalue weighted by molar-refractivity contribution is 7.98. The topological polar surface area (TPSA) is 37.3 Å². The van der Waals surface area contributed by atoms with Gasteiger partial charge in [0.25, 0.3) is 0 Å². The maximum Gasteiger partial charge on any atom is 0.310 e. The molecular formula is C12H15FO2S. The number of carboxylic acid groups (broad SMARTS) is 1. The van der Waals surface area contributed by atoms with Crippen molar-refractivity contribution >= 4 is 17.7 Å². The lowest BCUT2D eigenvalue weighted by molar-refractivity contribution is -0.139. The third-order valence-electron chi connectivity index (χ3n) is 2.39. The Morgan fingerprint density at radius 2 is 2.31 bits per heavy atom. The molecule has 0 fully saturated rings. The summed E-state index contributed by atoms with van der Waals surface area (Å²) < 4.78 is 13.0. The smallest absolute Gasteiger partial charge is 0.310 e. The standard InChI is InChI=1S/C12H15FO2S/c1-16-7-3-6-11(12(14)15)9-4-2-5-10(13)8-9/h2,4-5,8,11H,3,6-7H2,1H3,(H,14,15). The maximum absolute atomic E-state index is 13.0. The van der Waals surface area contributed by atoms with E-state index in [-0.39, 0.29) is 5.82 Å². The van der Waals surface area contributed by atoms with Crippen molar-refractivity contribution in [1.82, 2.24) is 0 Å². The molecule has 0 aliphatic carbocycles. The lowest BCUT2D eigenvalue weighted by Gasteiger charge is -2.12. The molecule has 0 bridgehead atoms. The molecule has 0 radical (unpaired) electrons. The summed E-state index contributed by atoms with van der Waals surface area (Å²) in [7, 11) is 0. The van der Waals surface area contributed by atoms with Gasteiger partial charge in [-0.3, -0.25) is 4.79 Å². The molecule has 88 valence electrons. The van der Waals surface area contributed by atoms with Crippen LogP contribution in [0.4, 0.5) is 4.39 Å². The first-order chi connectivity index (χ1) is 7.65. The fourth-order valence-electron chi connectivity index (χ4n) is 1.59. The number of carboxylic acids is 1. The molecule has 0 aliphatic heterocycles. The van der Waals surface area contributed by atoms with Gasteiger partial charge in [-0.2, -0.15) is 11.8 Å². The van der Waals surface area contributed by atoms with Gasteiger partial charge in [-0.1, -0.05) is 12.1 Å². The molecule has 0 heterocycles. The predicted octanol–water partition coefficient (Wildman–Crippen LogP) is 3.14. The van der Waals surface area contributed by atoms with Gasteiger partial charge in [0.2, 0.25) is 0 Å². The van der Waals surface area contributed by atoms with Gasteiger partial charge in [0.1, 0.15) is 5.82 Å². The Balaban J connectivity index is 2.73. The average Bonchev–Trinajstić information content (AvgIpc) is 2.24. The van der Waals surface area contributed by atoms with E-state index in [9.17, 15) is 9.18 Å². The predicted molar refractivity (Wildman–Crippen MR) is 64.4 cm³/mol. The van der Waals surface area contributed by atoms with E-state index in [1.54, 1.807) is 23.9 Å². The minimum Gasteiger partial charge on any atom is -0.481 e. The van der Waals surface area contributed by atoms with E-state index >= 15 is 0 Å². The van der Waals surface area contributed by atoms with E-state index in [2.05, 4.69) is 0 Å². The summed E-state index contributed by atoms with van der Waals surface area (Å²) >= 11 is 1.69. The first-order valence-electron chi connectivity index (χ1n) is 5.12. The van der Waals surface area contributed by atoms with Crippen molar-refractivity contribution < 1.29 is 14.3 Å².